The Morgan fingerprint density at radius 1 is 1.11 bits per heavy atom. The molecule has 5 heterocycles. The first-order valence-electron chi connectivity index (χ1n) is 9.17. The lowest BCUT2D eigenvalue weighted by Gasteiger charge is -2.16. The van der Waals surface area contributed by atoms with Gasteiger partial charge in [0.2, 0.25) is 5.95 Å². The van der Waals surface area contributed by atoms with Crippen LogP contribution in [0.4, 0.5) is 17.6 Å². The highest BCUT2D eigenvalue weighted by Crippen LogP contribution is 2.24. The molecular weight excluding hydrogens is 340 g/mol. The average Bonchev–Trinajstić information content (AvgIpc) is 3.44. The van der Waals surface area contributed by atoms with E-state index in [1.54, 1.807) is 6.20 Å². The smallest absolute Gasteiger partial charge is 0.245 e. The molecule has 1 aliphatic rings. The molecule has 0 radical (unpaired) electrons. The largest absolute Gasteiger partial charge is 0.340 e. The molecule has 0 unspecified atom stereocenters. The molecule has 2 N–H and O–H groups in total. The van der Waals surface area contributed by atoms with Gasteiger partial charge >= 0.3 is 0 Å². The van der Waals surface area contributed by atoms with Crippen molar-refractivity contribution >= 4 is 23.1 Å². The Balaban J connectivity index is 1.42. The summed E-state index contributed by atoms with van der Waals surface area (Å²) in [4.78, 5) is 11.3. The zero-order valence-corrected chi connectivity index (χ0v) is 14.8. The Labute approximate surface area is 156 Å². The third-order valence-electron chi connectivity index (χ3n) is 4.74. The number of aromatic nitrogens is 6. The molecule has 1 fully saturated rings. The molecule has 0 atom stereocenters. The van der Waals surface area contributed by atoms with Crippen LogP contribution in [0, 0.1) is 0 Å². The Bertz CT molecular complexity index is 1050. The van der Waals surface area contributed by atoms with E-state index < -0.39 is 0 Å². The molecule has 136 valence electrons. The predicted octanol–water partition coefficient (Wildman–Crippen LogP) is 2.78. The standard InChI is InChI=1S/C19H20N8/c1-2-8-20-14(6-1)12-15-13-17(24-23-15)21-18-16-7-5-11-27(16)25-19(22-18)26-9-3-4-10-26/h1-2,5-8,11,13H,3-4,9-10,12H2,(H2,21,22,23,24,25). The van der Waals surface area contributed by atoms with Crippen molar-refractivity contribution in [3.63, 3.8) is 0 Å². The van der Waals surface area contributed by atoms with Crippen LogP contribution in [0.15, 0.2) is 48.8 Å². The molecule has 4 aromatic heterocycles. The summed E-state index contributed by atoms with van der Waals surface area (Å²) in [7, 11) is 0. The number of aromatic amines is 1. The average molecular weight is 360 g/mol. The van der Waals surface area contributed by atoms with Gasteiger partial charge in [0.05, 0.1) is 0 Å². The summed E-state index contributed by atoms with van der Waals surface area (Å²) in [5.41, 5.74) is 2.92. The molecule has 0 bridgehead atoms. The summed E-state index contributed by atoms with van der Waals surface area (Å²) in [6, 6.07) is 11.9. The number of fused-ring (bicyclic) bond motifs is 1. The number of hydrogen-bond donors (Lipinski definition) is 2. The Morgan fingerprint density at radius 2 is 2.04 bits per heavy atom. The van der Waals surface area contributed by atoms with Gasteiger partial charge in [0.25, 0.3) is 0 Å². The first kappa shape index (κ1) is 15.8. The van der Waals surface area contributed by atoms with E-state index in [-0.39, 0.29) is 0 Å². The number of pyridine rings is 1. The normalized spacial score (nSPS) is 14.1. The van der Waals surface area contributed by atoms with Crippen molar-refractivity contribution in [2.75, 3.05) is 23.3 Å². The third-order valence-corrected chi connectivity index (χ3v) is 4.74. The van der Waals surface area contributed by atoms with E-state index in [1.165, 1.54) is 12.8 Å². The topological polar surface area (TPSA) is 87.0 Å². The highest BCUT2D eigenvalue weighted by atomic mass is 15.4. The van der Waals surface area contributed by atoms with E-state index in [0.29, 0.717) is 6.42 Å². The summed E-state index contributed by atoms with van der Waals surface area (Å²) < 4.78 is 1.87. The second-order valence-corrected chi connectivity index (χ2v) is 6.69. The Morgan fingerprint density at radius 3 is 2.89 bits per heavy atom. The fraction of sp³-hybridized carbons (Fsp3) is 0.263. The fourth-order valence-electron chi connectivity index (χ4n) is 3.40. The van der Waals surface area contributed by atoms with Gasteiger partial charge in [-0.05, 0) is 37.1 Å². The summed E-state index contributed by atoms with van der Waals surface area (Å²) in [5.74, 6) is 2.24. The van der Waals surface area contributed by atoms with Crippen LogP contribution in [0.5, 0.6) is 0 Å². The van der Waals surface area contributed by atoms with Gasteiger partial charge in [-0.2, -0.15) is 10.1 Å². The molecule has 0 amide bonds. The van der Waals surface area contributed by atoms with E-state index in [0.717, 1.165) is 47.6 Å². The minimum absolute atomic E-state index is 0.707. The van der Waals surface area contributed by atoms with Crippen LogP contribution in [-0.2, 0) is 6.42 Å². The van der Waals surface area contributed by atoms with Crippen LogP contribution in [-0.4, -0.2) is 42.9 Å². The van der Waals surface area contributed by atoms with Crippen molar-refractivity contribution in [1.29, 1.82) is 0 Å². The van der Waals surface area contributed by atoms with E-state index in [2.05, 4.69) is 30.5 Å². The van der Waals surface area contributed by atoms with Gasteiger partial charge in [0.15, 0.2) is 11.6 Å². The predicted molar refractivity (Wildman–Crippen MR) is 103 cm³/mol. The molecule has 0 spiro atoms. The molecule has 1 aliphatic heterocycles. The molecule has 0 saturated carbocycles. The minimum Gasteiger partial charge on any atom is -0.340 e. The second kappa shape index (κ2) is 6.71. The van der Waals surface area contributed by atoms with E-state index in [4.69, 9.17) is 4.98 Å². The zero-order valence-electron chi connectivity index (χ0n) is 14.8. The summed E-state index contributed by atoms with van der Waals surface area (Å²) in [5, 5.41) is 15.4. The highest BCUT2D eigenvalue weighted by molar-refractivity contribution is 5.73. The van der Waals surface area contributed by atoms with Crippen LogP contribution in [0.2, 0.25) is 0 Å². The summed E-state index contributed by atoms with van der Waals surface area (Å²) in [6.07, 6.45) is 6.82. The van der Waals surface area contributed by atoms with Crippen molar-refractivity contribution in [2.45, 2.75) is 19.3 Å². The van der Waals surface area contributed by atoms with E-state index in [9.17, 15) is 0 Å². The van der Waals surface area contributed by atoms with Crippen LogP contribution < -0.4 is 10.2 Å². The number of hydrogen-bond acceptors (Lipinski definition) is 6. The van der Waals surface area contributed by atoms with Gasteiger partial charge in [-0.1, -0.05) is 6.07 Å². The van der Waals surface area contributed by atoms with Gasteiger partial charge in [0.1, 0.15) is 5.52 Å². The molecule has 8 nitrogen and oxygen atoms in total. The maximum absolute atomic E-state index is 4.76. The van der Waals surface area contributed by atoms with Crippen LogP contribution in [0.1, 0.15) is 24.2 Å². The highest BCUT2D eigenvalue weighted by Gasteiger charge is 2.18. The van der Waals surface area contributed by atoms with Crippen molar-refractivity contribution in [3.05, 3.63) is 60.2 Å². The molecule has 5 rings (SSSR count). The SMILES string of the molecule is c1ccc(Cc2cc(Nc3nc(N4CCCC4)nn4cccc34)n[nH]2)nc1. The Kier molecular flexibility index (Phi) is 3.93. The lowest BCUT2D eigenvalue weighted by molar-refractivity contribution is 0.826. The molecular formula is C19H20N8. The molecule has 1 saturated heterocycles. The van der Waals surface area contributed by atoms with Crippen LogP contribution in [0.25, 0.3) is 5.52 Å². The Hall–Kier alpha value is -3.42. The first-order valence-corrected chi connectivity index (χ1v) is 9.17. The van der Waals surface area contributed by atoms with Gasteiger partial charge < -0.3 is 10.2 Å². The van der Waals surface area contributed by atoms with Crippen LogP contribution >= 0.6 is 0 Å². The molecule has 4 aromatic rings. The van der Waals surface area contributed by atoms with Gasteiger partial charge in [-0.15, -0.1) is 5.10 Å². The number of nitrogens with zero attached hydrogens (tertiary/aromatic N) is 6. The number of nitrogens with one attached hydrogen (secondary N) is 2. The molecule has 8 heteroatoms. The number of rotatable bonds is 5. The molecule has 0 aliphatic carbocycles. The maximum atomic E-state index is 4.76. The van der Waals surface area contributed by atoms with Crippen molar-refractivity contribution < 1.29 is 0 Å². The van der Waals surface area contributed by atoms with E-state index >= 15 is 0 Å². The number of H-pyrrole nitrogens is 1. The molecule has 0 aromatic carbocycles. The van der Waals surface area contributed by atoms with Gasteiger partial charge in [-0.25, -0.2) is 4.52 Å². The van der Waals surface area contributed by atoms with Crippen molar-refractivity contribution in [3.8, 4) is 0 Å². The lowest BCUT2D eigenvalue weighted by atomic mass is 10.2. The lowest BCUT2D eigenvalue weighted by Crippen LogP contribution is -2.22. The molecule has 27 heavy (non-hydrogen) atoms. The quantitative estimate of drug-likeness (QED) is 0.569. The van der Waals surface area contributed by atoms with Gasteiger partial charge in [0, 0.05) is 49.4 Å². The van der Waals surface area contributed by atoms with Crippen molar-refractivity contribution in [1.82, 2.24) is 29.8 Å². The zero-order chi connectivity index (χ0) is 18.1. The minimum atomic E-state index is 0.707. The summed E-state index contributed by atoms with van der Waals surface area (Å²) >= 11 is 0. The van der Waals surface area contributed by atoms with E-state index in [1.807, 2.05) is 47.1 Å². The number of anilines is 3. The fourth-order valence-corrected chi connectivity index (χ4v) is 3.40. The van der Waals surface area contributed by atoms with Crippen LogP contribution in [0.3, 0.4) is 0 Å². The monoisotopic (exact) mass is 360 g/mol. The van der Waals surface area contributed by atoms with Crippen molar-refractivity contribution in [2.24, 2.45) is 0 Å². The third kappa shape index (κ3) is 3.21. The van der Waals surface area contributed by atoms with Gasteiger partial charge in [-0.3, -0.25) is 10.1 Å². The summed E-state index contributed by atoms with van der Waals surface area (Å²) in [6.45, 7) is 2.01. The second-order valence-electron chi connectivity index (χ2n) is 6.69. The first-order chi connectivity index (χ1) is 13.3. The maximum Gasteiger partial charge on any atom is 0.245 e.